The van der Waals surface area contributed by atoms with Crippen LogP contribution in [0.25, 0.3) is 0 Å². The maximum atomic E-state index is 13.8. The summed E-state index contributed by atoms with van der Waals surface area (Å²) in [5.74, 6) is 1.53. The molecule has 6 aliphatic rings. The summed E-state index contributed by atoms with van der Waals surface area (Å²) in [6, 6.07) is 10.6. The molecule has 4 saturated carbocycles. The van der Waals surface area contributed by atoms with Crippen LogP contribution >= 0.6 is 0 Å². The van der Waals surface area contributed by atoms with Gasteiger partial charge < -0.3 is 19.9 Å². The molecule has 0 radical (unpaired) electrons. The number of nitro groups is 1. The zero-order valence-electron chi connectivity index (χ0n) is 26.6. The molecule has 252 valence electrons. The lowest BCUT2D eigenvalue weighted by Gasteiger charge is -2.57. The first-order chi connectivity index (χ1) is 22.6. The molecule has 0 unspecified atom stereocenters. The highest BCUT2D eigenvalue weighted by Crippen LogP contribution is 2.61. The van der Waals surface area contributed by atoms with Gasteiger partial charge in [-0.15, -0.1) is 0 Å². The quantitative estimate of drug-likeness (QED) is 0.290. The van der Waals surface area contributed by atoms with E-state index in [-0.39, 0.29) is 58.0 Å². The molecular weight excluding hydrogens is 622 g/mol. The van der Waals surface area contributed by atoms with E-state index in [2.05, 4.69) is 10.0 Å². The molecule has 2 aromatic carbocycles. The van der Waals surface area contributed by atoms with E-state index in [9.17, 15) is 28.1 Å². The van der Waals surface area contributed by atoms with Crippen molar-refractivity contribution in [3.8, 4) is 0 Å². The van der Waals surface area contributed by atoms with Gasteiger partial charge in [-0.2, -0.15) is 0 Å². The van der Waals surface area contributed by atoms with Gasteiger partial charge in [0.1, 0.15) is 16.3 Å². The monoisotopic (exact) mass is 665 g/mol. The molecule has 2 N–H and O–H groups in total. The van der Waals surface area contributed by atoms with E-state index in [1.54, 1.807) is 23.1 Å². The summed E-state index contributed by atoms with van der Waals surface area (Å²) < 4.78 is 35.2. The van der Waals surface area contributed by atoms with Gasteiger partial charge in [0.2, 0.25) is 5.91 Å². The molecule has 0 spiro atoms. The topological polar surface area (TPSA) is 151 Å². The van der Waals surface area contributed by atoms with Crippen LogP contribution in [0.3, 0.4) is 0 Å². The van der Waals surface area contributed by atoms with Crippen molar-refractivity contribution in [2.24, 2.45) is 23.2 Å². The van der Waals surface area contributed by atoms with Crippen LogP contribution in [-0.2, 0) is 19.6 Å². The zero-order chi connectivity index (χ0) is 32.8. The summed E-state index contributed by atoms with van der Waals surface area (Å²) in [5.41, 5.74) is 0.0273. The van der Waals surface area contributed by atoms with Gasteiger partial charge >= 0.3 is 5.69 Å². The van der Waals surface area contributed by atoms with Crippen LogP contribution in [-0.4, -0.2) is 75.5 Å². The number of benzene rings is 2. The summed E-state index contributed by atoms with van der Waals surface area (Å²) in [5, 5.41) is 16.0. The number of piperazine rings is 1. The number of nitro benzene ring substituents is 1. The highest BCUT2D eigenvalue weighted by Gasteiger charge is 2.52. The number of carbonyl (C=O) groups is 2. The SMILES string of the molecule is O=C(NS(=O)(=O)c1ccc(NC2CCOCC2)c([N+](=O)[O-])c1N1CCN(C(=O)CC23CC4CC(CC(C4)C2)C3)CC1)c1ccccc1. The Morgan fingerprint density at radius 1 is 0.915 bits per heavy atom. The van der Waals surface area contributed by atoms with E-state index in [0.29, 0.717) is 45.6 Å². The van der Waals surface area contributed by atoms with Crippen LogP contribution in [0.1, 0.15) is 68.1 Å². The second-order valence-corrected chi connectivity index (χ2v) is 16.0. The van der Waals surface area contributed by atoms with Crippen LogP contribution < -0.4 is 14.9 Å². The smallest absolute Gasteiger partial charge is 0.316 e. The fraction of sp³-hybridized carbons (Fsp3) is 0.588. The van der Waals surface area contributed by atoms with Crippen molar-refractivity contribution < 1.29 is 27.7 Å². The molecule has 2 saturated heterocycles. The molecule has 13 heteroatoms. The first kappa shape index (κ1) is 31.9. The molecule has 8 rings (SSSR count). The number of hydrogen-bond donors (Lipinski definition) is 2. The molecule has 12 nitrogen and oxygen atoms in total. The van der Waals surface area contributed by atoms with Crippen molar-refractivity contribution >= 4 is 38.9 Å². The third-order valence-corrected chi connectivity index (χ3v) is 12.4. The molecule has 4 bridgehead atoms. The second kappa shape index (κ2) is 12.7. The number of nitrogens with zero attached hydrogens (tertiary/aromatic N) is 3. The molecule has 2 amide bonds. The molecule has 0 atom stereocenters. The number of anilines is 2. The van der Waals surface area contributed by atoms with Gasteiger partial charge in [-0.3, -0.25) is 19.7 Å². The minimum atomic E-state index is -4.53. The van der Waals surface area contributed by atoms with Crippen LogP contribution in [0.5, 0.6) is 0 Å². The van der Waals surface area contributed by atoms with Crippen molar-refractivity contribution in [2.45, 2.75) is 68.7 Å². The van der Waals surface area contributed by atoms with Crippen LogP contribution in [0, 0.1) is 33.3 Å². The number of rotatable bonds is 9. The fourth-order valence-electron chi connectivity index (χ4n) is 9.39. The van der Waals surface area contributed by atoms with Gasteiger partial charge in [0, 0.05) is 57.4 Å². The third-order valence-electron chi connectivity index (χ3n) is 11.1. The van der Waals surface area contributed by atoms with Crippen molar-refractivity contribution in [1.82, 2.24) is 9.62 Å². The fourth-order valence-corrected chi connectivity index (χ4v) is 10.6. The Morgan fingerprint density at radius 2 is 1.53 bits per heavy atom. The Kier molecular flexibility index (Phi) is 8.62. The normalized spacial score (nSPS) is 27.4. The van der Waals surface area contributed by atoms with Crippen molar-refractivity contribution in [3.63, 3.8) is 0 Å². The lowest BCUT2D eigenvalue weighted by atomic mass is 9.49. The molecule has 0 aromatic heterocycles. The highest BCUT2D eigenvalue weighted by molar-refractivity contribution is 7.90. The van der Waals surface area contributed by atoms with Gasteiger partial charge in [0.25, 0.3) is 15.9 Å². The van der Waals surface area contributed by atoms with Gasteiger partial charge in [0.05, 0.1) is 4.92 Å². The molecule has 2 aliphatic heterocycles. The predicted molar refractivity (Wildman–Crippen MR) is 176 cm³/mol. The van der Waals surface area contributed by atoms with E-state index < -0.39 is 20.9 Å². The van der Waals surface area contributed by atoms with Crippen LogP contribution in [0.2, 0.25) is 0 Å². The average molecular weight is 666 g/mol. The molecular formula is C34H43N5O7S. The summed E-state index contributed by atoms with van der Waals surface area (Å²) in [4.78, 5) is 42.0. The minimum Gasteiger partial charge on any atom is -0.381 e. The van der Waals surface area contributed by atoms with Gasteiger partial charge in [-0.1, -0.05) is 18.2 Å². The molecule has 4 aliphatic carbocycles. The third kappa shape index (κ3) is 6.56. The summed E-state index contributed by atoms with van der Waals surface area (Å²) in [6.07, 6.45) is 9.21. The van der Waals surface area contributed by atoms with Gasteiger partial charge in [-0.25, -0.2) is 13.1 Å². The highest BCUT2D eigenvalue weighted by atomic mass is 32.2. The Balaban J connectivity index is 1.15. The minimum absolute atomic E-state index is 0.0745. The van der Waals surface area contributed by atoms with Crippen molar-refractivity contribution in [1.29, 1.82) is 0 Å². The number of nitrogens with one attached hydrogen (secondary N) is 2. The number of carbonyl (C=O) groups excluding carboxylic acids is 2. The Bertz CT molecular complexity index is 1600. The Morgan fingerprint density at radius 3 is 2.13 bits per heavy atom. The Hall–Kier alpha value is -3.71. The van der Waals surface area contributed by atoms with E-state index in [4.69, 9.17) is 4.74 Å². The number of hydrogen-bond acceptors (Lipinski definition) is 9. The number of amides is 2. The molecule has 6 fully saturated rings. The Labute approximate surface area is 275 Å². The van der Waals surface area contributed by atoms with E-state index in [0.717, 1.165) is 37.0 Å². The van der Waals surface area contributed by atoms with Crippen LogP contribution in [0.15, 0.2) is 47.4 Å². The largest absolute Gasteiger partial charge is 0.381 e. The first-order valence-corrected chi connectivity index (χ1v) is 18.4. The maximum absolute atomic E-state index is 13.8. The standard InChI is InChI=1S/C34H43N5O7S/c40-30(22-34-19-23-16-24(20-34)18-25(17-23)21-34)37-10-12-38(13-11-37)32-29(47(44,45)36-33(41)26-4-2-1-3-5-26)7-6-28(31(32)39(42)43)35-27-8-14-46-15-9-27/h1-7,23-25,27,35H,8-22H2,(H,36,41). The molecule has 2 aromatic rings. The summed E-state index contributed by atoms with van der Waals surface area (Å²) in [6.45, 7) is 2.16. The molecule has 2 heterocycles. The average Bonchev–Trinajstić information content (AvgIpc) is 3.04. The van der Waals surface area contributed by atoms with Crippen LogP contribution in [0.4, 0.5) is 17.1 Å². The van der Waals surface area contributed by atoms with E-state index in [1.807, 2.05) is 4.90 Å². The zero-order valence-corrected chi connectivity index (χ0v) is 27.4. The summed E-state index contributed by atoms with van der Waals surface area (Å²) >= 11 is 0. The second-order valence-electron chi connectivity index (χ2n) is 14.4. The van der Waals surface area contributed by atoms with Crippen molar-refractivity contribution in [3.05, 3.63) is 58.1 Å². The maximum Gasteiger partial charge on any atom is 0.316 e. The molecule has 47 heavy (non-hydrogen) atoms. The van der Waals surface area contributed by atoms with E-state index in [1.165, 1.54) is 43.5 Å². The lowest BCUT2D eigenvalue weighted by molar-refractivity contribution is -0.383. The van der Waals surface area contributed by atoms with Gasteiger partial charge in [-0.05, 0) is 98.8 Å². The van der Waals surface area contributed by atoms with E-state index >= 15 is 0 Å². The van der Waals surface area contributed by atoms with Gasteiger partial charge in [0.15, 0.2) is 0 Å². The predicted octanol–water partition coefficient (Wildman–Crippen LogP) is 4.56. The lowest BCUT2D eigenvalue weighted by Crippen LogP contribution is -2.52. The summed E-state index contributed by atoms with van der Waals surface area (Å²) in [7, 11) is -4.53. The first-order valence-electron chi connectivity index (χ1n) is 16.9. The number of ether oxygens (including phenoxy) is 1. The van der Waals surface area contributed by atoms with Crippen molar-refractivity contribution in [2.75, 3.05) is 49.6 Å². The number of sulfonamides is 1.